The maximum atomic E-state index is 12.1. The summed E-state index contributed by atoms with van der Waals surface area (Å²) in [6.45, 7) is 7.02. The van der Waals surface area contributed by atoms with Gasteiger partial charge in [0.25, 0.3) is 0 Å². The van der Waals surface area contributed by atoms with Crippen LogP contribution >= 0.6 is 0 Å². The molecular formula is C13H20N2O4. The predicted molar refractivity (Wildman–Crippen MR) is 68.8 cm³/mol. The van der Waals surface area contributed by atoms with Gasteiger partial charge in [0.1, 0.15) is 12.2 Å². The number of rotatable bonds is 5. The number of hydrogen-bond acceptors (Lipinski definition) is 4. The topological polar surface area (TPSA) is 83.6 Å². The van der Waals surface area contributed by atoms with Crippen molar-refractivity contribution in [3.8, 4) is 0 Å². The second kappa shape index (κ2) is 5.42. The van der Waals surface area contributed by atoms with E-state index in [1.807, 2.05) is 6.92 Å². The number of carbonyl (C=O) groups is 2. The quantitative estimate of drug-likeness (QED) is 0.875. The van der Waals surface area contributed by atoms with E-state index in [0.29, 0.717) is 11.7 Å². The first-order valence-electron chi connectivity index (χ1n) is 6.05. The molecule has 1 N–H and O–H groups in total. The number of aliphatic carboxylic acids is 1. The molecule has 6 nitrogen and oxygen atoms in total. The largest absolute Gasteiger partial charge is 0.481 e. The molecule has 1 rings (SSSR count). The van der Waals surface area contributed by atoms with Gasteiger partial charge in [0, 0.05) is 12.6 Å². The molecule has 0 bridgehead atoms. The molecule has 0 radical (unpaired) electrons. The maximum Gasteiger partial charge on any atom is 0.305 e. The Kier molecular flexibility index (Phi) is 4.34. The van der Waals surface area contributed by atoms with Crippen molar-refractivity contribution in [2.45, 2.75) is 46.1 Å². The minimum absolute atomic E-state index is 0.0359. The van der Waals surface area contributed by atoms with E-state index in [0.717, 1.165) is 5.69 Å². The Labute approximate surface area is 112 Å². The molecular weight excluding hydrogens is 248 g/mol. The normalized spacial score (nSPS) is 11.4. The first kappa shape index (κ1) is 15.2. The van der Waals surface area contributed by atoms with Gasteiger partial charge in [-0.15, -0.1) is 0 Å². The third kappa shape index (κ3) is 3.81. The molecule has 0 saturated carbocycles. The van der Waals surface area contributed by atoms with Crippen LogP contribution in [0.4, 0.5) is 0 Å². The summed E-state index contributed by atoms with van der Waals surface area (Å²) >= 11 is 0. The van der Waals surface area contributed by atoms with E-state index in [1.54, 1.807) is 27.8 Å². The monoisotopic (exact) mass is 268 g/mol. The van der Waals surface area contributed by atoms with E-state index in [4.69, 9.17) is 9.52 Å². The summed E-state index contributed by atoms with van der Waals surface area (Å²) in [6.07, 6.45) is -0.0763. The lowest BCUT2D eigenvalue weighted by Crippen LogP contribution is -2.47. The lowest BCUT2D eigenvalue weighted by atomic mass is 9.98. The molecule has 1 aromatic rings. The zero-order valence-corrected chi connectivity index (χ0v) is 12.0. The van der Waals surface area contributed by atoms with Crippen LogP contribution in [0.15, 0.2) is 4.42 Å². The third-order valence-corrected chi connectivity index (χ3v) is 3.24. The number of likely N-dealkylation sites (N-methyl/N-ethyl adjacent to an activating group) is 1. The molecule has 6 heteroatoms. The average Bonchev–Trinajstić information content (AvgIpc) is 2.54. The SMILES string of the molecule is Cc1nc(CC(=O)N(C)C(C)(C)CC(=O)O)oc1C. The fourth-order valence-corrected chi connectivity index (χ4v) is 1.69. The molecule has 0 spiro atoms. The number of hydrogen-bond donors (Lipinski definition) is 1. The smallest absolute Gasteiger partial charge is 0.305 e. The van der Waals surface area contributed by atoms with E-state index >= 15 is 0 Å². The predicted octanol–water partition coefficient (Wildman–Crippen LogP) is 1.55. The fraction of sp³-hybridized carbons (Fsp3) is 0.615. The number of aryl methyl sites for hydroxylation is 2. The summed E-state index contributed by atoms with van der Waals surface area (Å²) in [4.78, 5) is 28.4. The number of carbonyl (C=O) groups excluding carboxylic acids is 1. The number of oxazole rings is 1. The molecule has 19 heavy (non-hydrogen) atoms. The Hall–Kier alpha value is -1.85. The van der Waals surface area contributed by atoms with Crippen molar-refractivity contribution in [1.82, 2.24) is 9.88 Å². The van der Waals surface area contributed by atoms with E-state index in [9.17, 15) is 9.59 Å². The van der Waals surface area contributed by atoms with Gasteiger partial charge in [-0.2, -0.15) is 0 Å². The van der Waals surface area contributed by atoms with Crippen molar-refractivity contribution in [2.24, 2.45) is 0 Å². The van der Waals surface area contributed by atoms with Gasteiger partial charge in [0.15, 0.2) is 0 Å². The summed E-state index contributed by atoms with van der Waals surface area (Å²) in [5, 5.41) is 8.84. The van der Waals surface area contributed by atoms with Crippen molar-refractivity contribution < 1.29 is 19.1 Å². The van der Waals surface area contributed by atoms with Crippen LogP contribution in [0.5, 0.6) is 0 Å². The van der Waals surface area contributed by atoms with Crippen LogP contribution in [0.25, 0.3) is 0 Å². The number of nitrogens with zero attached hydrogens (tertiary/aromatic N) is 2. The second-order valence-corrected chi connectivity index (χ2v) is 5.26. The Morgan fingerprint density at radius 3 is 2.37 bits per heavy atom. The molecule has 0 aliphatic carbocycles. The highest BCUT2D eigenvalue weighted by molar-refractivity contribution is 5.79. The highest BCUT2D eigenvalue weighted by atomic mass is 16.4. The molecule has 0 fully saturated rings. The Morgan fingerprint density at radius 1 is 1.37 bits per heavy atom. The number of carboxylic acids is 1. The van der Waals surface area contributed by atoms with E-state index < -0.39 is 11.5 Å². The van der Waals surface area contributed by atoms with Crippen LogP contribution in [0.3, 0.4) is 0 Å². The molecule has 106 valence electrons. The highest BCUT2D eigenvalue weighted by Gasteiger charge is 2.30. The maximum absolute atomic E-state index is 12.1. The van der Waals surface area contributed by atoms with E-state index in [-0.39, 0.29) is 18.7 Å². The van der Waals surface area contributed by atoms with Crippen molar-refractivity contribution in [3.05, 3.63) is 17.3 Å². The zero-order chi connectivity index (χ0) is 14.8. The van der Waals surface area contributed by atoms with Gasteiger partial charge in [0.05, 0.1) is 12.1 Å². The minimum Gasteiger partial charge on any atom is -0.481 e. The van der Waals surface area contributed by atoms with Crippen LogP contribution < -0.4 is 0 Å². The molecule has 0 aliphatic rings. The van der Waals surface area contributed by atoms with Gasteiger partial charge in [-0.05, 0) is 27.7 Å². The number of carboxylic acid groups (broad SMARTS) is 1. The van der Waals surface area contributed by atoms with Gasteiger partial charge >= 0.3 is 5.97 Å². The molecule has 1 heterocycles. The molecule has 1 amide bonds. The number of aromatic nitrogens is 1. The van der Waals surface area contributed by atoms with Gasteiger partial charge in [-0.25, -0.2) is 4.98 Å². The summed E-state index contributed by atoms with van der Waals surface area (Å²) in [7, 11) is 1.59. The Morgan fingerprint density at radius 2 is 1.95 bits per heavy atom. The van der Waals surface area contributed by atoms with Crippen molar-refractivity contribution >= 4 is 11.9 Å². The summed E-state index contributed by atoms with van der Waals surface area (Å²) < 4.78 is 5.35. The molecule has 0 saturated heterocycles. The first-order valence-corrected chi connectivity index (χ1v) is 6.05. The molecule has 0 aliphatic heterocycles. The summed E-state index contributed by atoms with van der Waals surface area (Å²) in [6, 6.07) is 0. The van der Waals surface area contributed by atoms with E-state index in [1.165, 1.54) is 4.90 Å². The van der Waals surface area contributed by atoms with Crippen LogP contribution in [0.1, 0.15) is 37.6 Å². The lowest BCUT2D eigenvalue weighted by Gasteiger charge is -2.34. The van der Waals surface area contributed by atoms with Crippen LogP contribution in [0, 0.1) is 13.8 Å². The van der Waals surface area contributed by atoms with E-state index in [2.05, 4.69) is 4.98 Å². The number of amides is 1. The molecule has 0 aromatic carbocycles. The van der Waals surface area contributed by atoms with Crippen molar-refractivity contribution in [2.75, 3.05) is 7.05 Å². The molecule has 0 unspecified atom stereocenters. The van der Waals surface area contributed by atoms with Gasteiger partial charge in [-0.1, -0.05) is 0 Å². The second-order valence-electron chi connectivity index (χ2n) is 5.26. The Balaban J connectivity index is 2.74. The summed E-state index contributed by atoms with van der Waals surface area (Å²) in [5.74, 6) is -0.104. The van der Waals surface area contributed by atoms with Crippen LogP contribution in [-0.2, 0) is 16.0 Å². The van der Waals surface area contributed by atoms with Crippen molar-refractivity contribution in [1.29, 1.82) is 0 Å². The van der Waals surface area contributed by atoms with Crippen LogP contribution in [0.2, 0.25) is 0 Å². The fourth-order valence-electron chi connectivity index (χ4n) is 1.69. The van der Waals surface area contributed by atoms with Crippen LogP contribution in [-0.4, -0.2) is 39.5 Å². The first-order chi connectivity index (χ1) is 8.63. The highest BCUT2D eigenvalue weighted by Crippen LogP contribution is 2.19. The Bertz CT molecular complexity index is 471. The minimum atomic E-state index is -0.938. The average molecular weight is 268 g/mol. The van der Waals surface area contributed by atoms with Gasteiger partial charge < -0.3 is 14.4 Å². The lowest BCUT2D eigenvalue weighted by molar-refractivity contribution is -0.142. The van der Waals surface area contributed by atoms with Crippen molar-refractivity contribution in [3.63, 3.8) is 0 Å². The van der Waals surface area contributed by atoms with Gasteiger partial charge in [0.2, 0.25) is 11.8 Å². The standard InChI is InChI=1S/C13H20N2O4/c1-8-9(2)19-10(14-8)6-11(16)15(5)13(3,4)7-12(17)18/h6-7H2,1-5H3,(H,17,18). The molecule has 1 aromatic heterocycles. The van der Waals surface area contributed by atoms with Gasteiger partial charge in [-0.3, -0.25) is 9.59 Å². The third-order valence-electron chi connectivity index (χ3n) is 3.24. The zero-order valence-electron chi connectivity index (χ0n) is 12.0. The summed E-state index contributed by atoms with van der Waals surface area (Å²) in [5.41, 5.74) is 0.00909. The molecule has 0 atom stereocenters.